The van der Waals surface area contributed by atoms with Gasteiger partial charge in [0.05, 0.1) is 26.8 Å². The summed E-state index contributed by atoms with van der Waals surface area (Å²) in [6.45, 7) is 0.495. The molecule has 0 amide bonds. The Balaban J connectivity index is 1.68. The third-order valence-electron chi connectivity index (χ3n) is 6.38. The maximum Gasteiger partial charge on any atom is 0.258 e. The summed E-state index contributed by atoms with van der Waals surface area (Å²) in [5.41, 5.74) is 3.31. The zero-order chi connectivity index (χ0) is 26.8. The molecule has 0 aliphatic rings. The second-order valence-electron chi connectivity index (χ2n) is 8.79. The Labute approximate surface area is 222 Å². The molecule has 2 N–H and O–H groups in total. The number of methoxy groups -OCH3 is 1. The molecule has 0 unspecified atom stereocenters. The van der Waals surface area contributed by atoms with Gasteiger partial charge in [-0.15, -0.1) is 0 Å². The van der Waals surface area contributed by atoms with Crippen LogP contribution in [0.3, 0.4) is 0 Å². The van der Waals surface area contributed by atoms with Crippen molar-refractivity contribution in [1.82, 2.24) is 19.1 Å². The number of imidazole rings is 1. The highest BCUT2D eigenvalue weighted by Gasteiger charge is 2.16. The van der Waals surface area contributed by atoms with Crippen LogP contribution in [0, 0.1) is 5.82 Å². The fourth-order valence-corrected chi connectivity index (χ4v) is 4.73. The van der Waals surface area contributed by atoms with Gasteiger partial charge in [-0.05, 0) is 64.0 Å². The van der Waals surface area contributed by atoms with Crippen LogP contribution in [0.1, 0.15) is 16.7 Å². The highest BCUT2D eigenvalue weighted by Crippen LogP contribution is 2.34. The monoisotopic (exact) mass is 533 g/mol. The van der Waals surface area contributed by atoms with Gasteiger partial charge in [0.25, 0.3) is 5.56 Å². The molecular formula is C28H25ClFN5O3. The van der Waals surface area contributed by atoms with Gasteiger partial charge >= 0.3 is 0 Å². The van der Waals surface area contributed by atoms with Gasteiger partial charge in [0.15, 0.2) is 11.6 Å². The van der Waals surface area contributed by atoms with Crippen LogP contribution in [0.25, 0.3) is 21.9 Å². The first-order valence-corrected chi connectivity index (χ1v) is 12.2. The Bertz CT molecular complexity index is 1700. The van der Waals surface area contributed by atoms with Gasteiger partial charge in [-0.3, -0.25) is 4.79 Å². The average molecular weight is 534 g/mol. The van der Waals surface area contributed by atoms with Crippen LogP contribution in [0.5, 0.6) is 5.75 Å². The lowest BCUT2D eigenvalue weighted by atomic mass is 9.96. The van der Waals surface area contributed by atoms with Crippen LogP contribution < -0.4 is 15.6 Å². The van der Waals surface area contributed by atoms with Crippen molar-refractivity contribution in [1.29, 1.82) is 0 Å². The van der Waals surface area contributed by atoms with Crippen LogP contribution in [-0.2, 0) is 19.7 Å². The number of fused-ring (bicyclic) bond motifs is 1. The molecular weight excluding hydrogens is 509 g/mol. The number of rotatable bonds is 8. The van der Waals surface area contributed by atoms with Crippen LogP contribution in [0.4, 0.5) is 10.3 Å². The van der Waals surface area contributed by atoms with E-state index in [2.05, 4.69) is 15.3 Å². The Morgan fingerprint density at radius 1 is 0.974 bits per heavy atom. The van der Waals surface area contributed by atoms with Crippen molar-refractivity contribution in [2.24, 2.45) is 0 Å². The molecule has 0 aliphatic heterocycles. The first-order chi connectivity index (χ1) is 18.4. The van der Waals surface area contributed by atoms with Crippen molar-refractivity contribution in [3.05, 3.63) is 105 Å². The number of hydrogen-bond acceptors (Lipinski definition) is 6. The maximum atomic E-state index is 13.9. The van der Waals surface area contributed by atoms with Crippen molar-refractivity contribution in [3.63, 3.8) is 0 Å². The Hall–Kier alpha value is -4.21. The van der Waals surface area contributed by atoms with Gasteiger partial charge in [-0.1, -0.05) is 17.7 Å². The first kappa shape index (κ1) is 25.4. The predicted octanol–water partition coefficient (Wildman–Crippen LogP) is 4.69. The number of pyridine rings is 2. The molecule has 0 saturated carbocycles. The highest BCUT2D eigenvalue weighted by molar-refractivity contribution is 6.32. The summed E-state index contributed by atoms with van der Waals surface area (Å²) in [6.07, 6.45) is 6.77. The van der Waals surface area contributed by atoms with Gasteiger partial charge in [-0.2, -0.15) is 0 Å². The molecule has 3 aromatic heterocycles. The van der Waals surface area contributed by atoms with Crippen LogP contribution in [0.15, 0.2) is 72.0 Å². The van der Waals surface area contributed by atoms with Gasteiger partial charge in [0.2, 0.25) is 5.95 Å². The van der Waals surface area contributed by atoms with E-state index in [9.17, 15) is 14.3 Å². The van der Waals surface area contributed by atoms with Crippen LogP contribution in [0.2, 0.25) is 5.15 Å². The molecule has 3 heterocycles. The summed E-state index contributed by atoms with van der Waals surface area (Å²) in [4.78, 5) is 22.3. The molecule has 5 rings (SSSR count). The lowest BCUT2D eigenvalue weighted by molar-refractivity contribution is 0.281. The van der Waals surface area contributed by atoms with Gasteiger partial charge in [0.1, 0.15) is 5.15 Å². The molecule has 0 atom stereocenters. The second kappa shape index (κ2) is 10.6. The van der Waals surface area contributed by atoms with E-state index in [1.807, 2.05) is 29.0 Å². The largest absolute Gasteiger partial charge is 0.494 e. The number of nitrogens with zero attached hydrogens (tertiary/aromatic N) is 4. The van der Waals surface area contributed by atoms with E-state index >= 15 is 0 Å². The molecule has 194 valence electrons. The molecule has 0 saturated heterocycles. The van der Waals surface area contributed by atoms with E-state index in [1.165, 1.54) is 19.4 Å². The number of aliphatic hydroxyl groups excluding tert-OH is 1. The minimum Gasteiger partial charge on any atom is -0.494 e. The predicted molar refractivity (Wildman–Crippen MR) is 145 cm³/mol. The Morgan fingerprint density at radius 3 is 2.53 bits per heavy atom. The van der Waals surface area contributed by atoms with E-state index in [4.69, 9.17) is 16.3 Å². The van der Waals surface area contributed by atoms with Crippen molar-refractivity contribution in [3.8, 4) is 16.9 Å². The summed E-state index contributed by atoms with van der Waals surface area (Å²) in [7, 11) is 3.19. The molecule has 2 aromatic carbocycles. The summed E-state index contributed by atoms with van der Waals surface area (Å²) < 4.78 is 22.5. The minimum absolute atomic E-state index is 0.118. The third-order valence-corrected chi connectivity index (χ3v) is 6.68. The number of aliphatic hydroxyl groups is 1. The number of ether oxygens (including phenoxy) is 1. The van der Waals surface area contributed by atoms with Crippen LogP contribution >= 0.6 is 11.6 Å². The van der Waals surface area contributed by atoms with Crippen molar-refractivity contribution in [2.75, 3.05) is 19.5 Å². The zero-order valence-corrected chi connectivity index (χ0v) is 21.5. The third kappa shape index (κ3) is 4.85. The molecule has 0 fully saturated rings. The number of halogens is 2. The van der Waals surface area contributed by atoms with Gasteiger partial charge < -0.3 is 24.3 Å². The number of nitrogens with one attached hydrogen (secondary N) is 1. The quantitative estimate of drug-likeness (QED) is 0.281. The molecule has 10 heteroatoms. The zero-order valence-electron chi connectivity index (χ0n) is 20.8. The van der Waals surface area contributed by atoms with E-state index in [-0.39, 0.29) is 29.6 Å². The molecule has 0 aliphatic carbocycles. The summed E-state index contributed by atoms with van der Waals surface area (Å²) in [5.74, 6) is 0.337. The van der Waals surface area contributed by atoms with Crippen molar-refractivity contribution >= 4 is 28.3 Å². The highest BCUT2D eigenvalue weighted by atomic mass is 35.5. The van der Waals surface area contributed by atoms with Crippen molar-refractivity contribution in [2.45, 2.75) is 19.7 Å². The molecule has 0 bridgehead atoms. The molecule has 8 nitrogen and oxygen atoms in total. The summed E-state index contributed by atoms with van der Waals surface area (Å²) in [5, 5.41) is 14.2. The van der Waals surface area contributed by atoms with E-state index in [1.54, 1.807) is 42.2 Å². The van der Waals surface area contributed by atoms with Gasteiger partial charge in [-0.25, -0.2) is 14.4 Å². The number of hydrogen-bond donors (Lipinski definition) is 2. The second-order valence-corrected chi connectivity index (χ2v) is 9.15. The topological polar surface area (TPSA) is 94.2 Å². The smallest absolute Gasteiger partial charge is 0.258 e. The molecule has 0 spiro atoms. The molecule has 5 aromatic rings. The Morgan fingerprint density at radius 2 is 1.76 bits per heavy atom. The standard InChI is InChI=1S/C28H25ClFN5O3/c1-31-28-32-6-8-35(28)15-18-9-21(22-11-19(16-36)13-33-26(22)29)20-5-7-34(27(37)23(20)10-18)14-17-3-4-24(30)25(12-17)38-2/h3-13,36H,14-16H2,1-2H3,(H,31,32). The molecule has 38 heavy (non-hydrogen) atoms. The number of anilines is 1. The number of aromatic nitrogens is 4. The first-order valence-electron chi connectivity index (χ1n) is 11.8. The van der Waals surface area contributed by atoms with E-state index in [0.717, 1.165) is 16.7 Å². The summed E-state index contributed by atoms with van der Waals surface area (Å²) >= 11 is 6.51. The summed E-state index contributed by atoms with van der Waals surface area (Å²) in [6, 6.07) is 12.0. The van der Waals surface area contributed by atoms with Crippen molar-refractivity contribution < 1.29 is 14.2 Å². The number of benzene rings is 2. The van der Waals surface area contributed by atoms with E-state index in [0.29, 0.717) is 34.4 Å². The van der Waals surface area contributed by atoms with Crippen LogP contribution in [-0.4, -0.2) is 38.4 Å². The minimum atomic E-state index is -0.465. The lowest BCUT2D eigenvalue weighted by Crippen LogP contribution is -2.20. The van der Waals surface area contributed by atoms with Gasteiger partial charge in [0, 0.05) is 42.8 Å². The van der Waals surface area contributed by atoms with E-state index < -0.39 is 5.82 Å². The normalized spacial score (nSPS) is 11.2. The average Bonchev–Trinajstić information content (AvgIpc) is 3.38. The fraction of sp³-hybridized carbons (Fsp3) is 0.179. The molecule has 0 radical (unpaired) electrons. The lowest BCUT2D eigenvalue weighted by Gasteiger charge is -2.15. The Kier molecular flexibility index (Phi) is 7.13. The fourth-order valence-electron chi connectivity index (χ4n) is 4.52. The maximum absolute atomic E-state index is 13.9. The SMILES string of the molecule is CNc1nccn1Cc1cc(-c2cc(CO)cnc2Cl)c2ccn(Cc3ccc(F)c(OC)c3)c(=O)c2c1.